The minimum absolute atomic E-state index is 0.114. The van der Waals surface area contributed by atoms with Gasteiger partial charge in [0.1, 0.15) is 12.1 Å². The molecule has 0 radical (unpaired) electrons. The fourth-order valence-corrected chi connectivity index (χ4v) is 6.72. The number of Topliss-reactive ketones (excluding diaryl/α,β-unsaturated/α-hetero) is 1. The highest BCUT2D eigenvalue weighted by Gasteiger charge is 2.46. The van der Waals surface area contributed by atoms with Gasteiger partial charge in [-0.05, 0) is 58.8 Å². The van der Waals surface area contributed by atoms with Crippen LogP contribution in [0, 0.1) is 22.7 Å². The van der Waals surface area contributed by atoms with Gasteiger partial charge in [-0.15, -0.1) is 12.6 Å². The van der Waals surface area contributed by atoms with Crippen molar-refractivity contribution in [2.24, 2.45) is 28.4 Å². The SMILES string of the molecule is CC.CCC(CC)CC(NC(=O)C1C(CC)CCN1C(=O)C(NC(=O)NC(CNCC1=C(S)CCC=C1)C(C)(C)C)C(C)(C)C)C(=O)C(N)=O. The van der Waals surface area contributed by atoms with Crippen molar-refractivity contribution >= 4 is 42.2 Å². The van der Waals surface area contributed by atoms with E-state index in [1.807, 2.05) is 76.2 Å². The first-order chi connectivity index (χ1) is 23.3. The summed E-state index contributed by atoms with van der Waals surface area (Å²) in [5, 5.41) is 12.3. The maximum atomic E-state index is 14.3. The molecule has 11 nitrogen and oxygen atoms in total. The Morgan fingerprint density at radius 1 is 0.960 bits per heavy atom. The molecule has 1 aliphatic heterocycles. The van der Waals surface area contributed by atoms with E-state index in [0.717, 1.165) is 36.2 Å². The van der Waals surface area contributed by atoms with Gasteiger partial charge in [0.25, 0.3) is 5.91 Å². The van der Waals surface area contributed by atoms with Gasteiger partial charge >= 0.3 is 6.03 Å². The number of allylic oxidation sites excluding steroid dienone is 2. The van der Waals surface area contributed by atoms with Crippen LogP contribution in [-0.2, 0) is 19.2 Å². The van der Waals surface area contributed by atoms with Crippen LogP contribution in [0.2, 0.25) is 0 Å². The predicted molar refractivity (Wildman–Crippen MR) is 205 cm³/mol. The van der Waals surface area contributed by atoms with Crippen LogP contribution in [0.5, 0.6) is 0 Å². The maximum absolute atomic E-state index is 14.3. The topological polar surface area (TPSA) is 163 Å². The molecule has 50 heavy (non-hydrogen) atoms. The number of thiol groups is 1. The van der Waals surface area contributed by atoms with Crippen LogP contribution in [0.3, 0.4) is 0 Å². The number of amides is 5. The first-order valence-corrected chi connectivity index (χ1v) is 19.1. The van der Waals surface area contributed by atoms with Crippen LogP contribution in [0.15, 0.2) is 22.6 Å². The molecule has 5 unspecified atom stereocenters. The Kier molecular flexibility index (Phi) is 18.8. The normalized spacial score (nSPS) is 19.7. The third kappa shape index (κ3) is 13.4. The summed E-state index contributed by atoms with van der Waals surface area (Å²) < 4.78 is 0. The van der Waals surface area contributed by atoms with Crippen molar-refractivity contribution in [2.75, 3.05) is 19.6 Å². The monoisotopic (exact) mass is 720 g/mol. The summed E-state index contributed by atoms with van der Waals surface area (Å²) in [7, 11) is 0. The number of nitrogens with one attached hydrogen (secondary N) is 4. The highest BCUT2D eigenvalue weighted by atomic mass is 32.1. The molecular weight excluding hydrogens is 653 g/mol. The van der Waals surface area contributed by atoms with Crippen molar-refractivity contribution in [3.63, 3.8) is 0 Å². The molecular formula is C38H68N6O5S. The van der Waals surface area contributed by atoms with E-state index >= 15 is 0 Å². The number of hydrogen-bond acceptors (Lipinski definition) is 7. The Bertz CT molecular complexity index is 1220. The number of nitrogens with zero attached hydrogens (tertiary/aromatic N) is 1. The van der Waals surface area contributed by atoms with Gasteiger partial charge in [-0.3, -0.25) is 19.2 Å². The maximum Gasteiger partial charge on any atom is 0.315 e. The van der Waals surface area contributed by atoms with Crippen molar-refractivity contribution in [3.8, 4) is 0 Å². The summed E-state index contributed by atoms with van der Waals surface area (Å²) in [5.74, 6) is -2.83. The number of nitrogens with two attached hydrogens (primary N) is 1. The summed E-state index contributed by atoms with van der Waals surface area (Å²) in [6.07, 6.45) is 9.21. The number of rotatable bonds is 16. The molecule has 2 rings (SSSR count). The summed E-state index contributed by atoms with van der Waals surface area (Å²) in [4.78, 5) is 69.0. The van der Waals surface area contributed by atoms with Crippen LogP contribution in [0.4, 0.5) is 4.79 Å². The van der Waals surface area contributed by atoms with Gasteiger partial charge < -0.3 is 31.9 Å². The zero-order chi connectivity index (χ0) is 38.4. The van der Waals surface area contributed by atoms with E-state index in [4.69, 9.17) is 5.73 Å². The van der Waals surface area contributed by atoms with Gasteiger partial charge in [0.15, 0.2) is 0 Å². The zero-order valence-corrected chi connectivity index (χ0v) is 33.6. The largest absolute Gasteiger partial charge is 0.363 e. The minimum Gasteiger partial charge on any atom is -0.363 e. The van der Waals surface area contributed by atoms with Gasteiger partial charge in [0, 0.05) is 25.7 Å². The Hall–Kier alpha value is -2.86. The molecule has 5 amide bonds. The molecule has 0 saturated carbocycles. The quantitative estimate of drug-likeness (QED) is 0.0942. The van der Waals surface area contributed by atoms with Crippen molar-refractivity contribution in [2.45, 2.75) is 145 Å². The Labute approximate surface area is 307 Å². The Morgan fingerprint density at radius 2 is 1.58 bits per heavy atom. The lowest BCUT2D eigenvalue weighted by Crippen LogP contribution is -2.62. The van der Waals surface area contributed by atoms with Crippen LogP contribution in [-0.4, -0.2) is 78.2 Å². The average molecular weight is 721 g/mol. The first-order valence-electron chi connectivity index (χ1n) is 18.6. The molecule has 286 valence electrons. The lowest BCUT2D eigenvalue weighted by Gasteiger charge is -2.38. The summed E-state index contributed by atoms with van der Waals surface area (Å²) in [5.41, 5.74) is 5.52. The zero-order valence-electron chi connectivity index (χ0n) is 32.7. The molecule has 12 heteroatoms. The highest BCUT2D eigenvalue weighted by Crippen LogP contribution is 2.31. The Morgan fingerprint density at radius 3 is 2.08 bits per heavy atom. The number of likely N-dealkylation sites (tertiary alicyclic amines) is 1. The number of ketones is 1. The van der Waals surface area contributed by atoms with Gasteiger partial charge in [-0.2, -0.15) is 0 Å². The fourth-order valence-electron chi connectivity index (χ4n) is 6.44. The van der Waals surface area contributed by atoms with E-state index in [9.17, 15) is 24.0 Å². The van der Waals surface area contributed by atoms with Crippen LogP contribution < -0.4 is 27.0 Å². The second kappa shape index (κ2) is 20.9. The van der Waals surface area contributed by atoms with E-state index in [1.54, 1.807) is 0 Å². The molecule has 0 aromatic carbocycles. The first kappa shape index (κ1) is 45.2. The third-order valence-electron chi connectivity index (χ3n) is 9.84. The molecule has 0 aromatic rings. The molecule has 1 aliphatic carbocycles. The third-order valence-corrected chi connectivity index (χ3v) is 10.4. The van der Waals surface area contributed by atoms with E-state index in [-0.39, 0.29) is 35.6 Å². The molecule has 6 N–H and O–H groups in total. The average Bonchev–Trinajstić information content (AvgIpc) is 3.49. The van der Waals surface area contributed by atoms with Crippen LogP contribution in [0.25, 0.3) is 0 Å². The summed E-state index contributed by atoms with van der Waals surface area (Å²) >= 11 is 4.61. The van der Waals surface area contributed by atoms with E-state index in [1.165, 1.54) is 4.90 Å². The highest BCUT2D eigenvalue weighted by molar-refractivity contribution is 7.84. The molecule has 0 aromatic heterocycles. The number of carbonyl (C=O) groups excluding carboxylic acids is 5. The van der Waals surface area contributed by atoms with Crippen LogP contribution >= 0.6 is 12.6 Å². The molecule has 1 heterocycles. The van der Waals surface area contributed by atoms with Crippen molar-refractivity contribution < 1.29 is 24.0 Å². The molecule has 0 bridgehead atoms. The van der Waals surface area contributed by atoms with Gasteiger partial charge in [-0.1, -0.05) is 108 Å². The van der Waals surface area contributed by atoms with Crippen LogP contribution in [0.1, 0.15) is 121 Å². The number of carbonyl (C=O) groups is 5. The Balaban J connectivity index is 0.00000613. The second-order valence-corrected chi connectivity index (χ2v) is 16.1. The second-order valence-electron chi connectivity index (χ2n) is 15.5. The van der Waals surface area contributed by atoms with E-state index < -0.39 is 47.2 Å². The lowest BCUT2D eigenvalue weighted by atomic mass is 9.85. The van der Waals surface area contributed by atoms with Crippen molar-refractivity contribution in [1.29, 1.82) is 0 Å². The van der Waals surface area contributed by atoms with E-state index in [0.29, 0.717) is 32.5 Å². The molecule has 0 spiro atoms. The summed E-state index contributed by atoms with van der Waals surface area (Å²) in [6, 6.07) is -3.58. The number of hydrogen-bond donors (Lipinski definition) is 6. The van der Waals surface area contributed by atoms with Crippen molar-refractivity contribution in [3.05, 3.63) is 22.6 Å². The van der Waals surface area contributed by atoms with Gasteiger partial charge in [-0.25, -0.2) is 4.79 Å². The predicted octanol–water partition coefficient (Wildman–Crippen LogP) is 5.26. The molecule has 2 aliphatic rings. The van der Waals surface area contributed by atoms with Gasteiger partial charge in [0.05, 0.1) is 6.04 Å². The molecule has 1 saturated heterocycles. The lowest BCUT2D eigenvalue weighted by molar-refractivity contribution is -0.144. The standard InChI is InChI=1S/C36H62N6O5S.C2H6/c1-10-22(11-2)19-25(29(43)31(37)44)39-32(45)28-23(12-3)17-18-42(28)33(46)30(36(7,8)9)41-34(47)40-27(35(4,5)6)21-38-20-24-15-13-14-16-26(24)48;1-2/h13,15,22-23,25,27-28,30,38,48H,10-12,14,16-21H2,1-9H3,(H2,37,44)(H,39,45)(H2,40,41,47);1-2H3. The smallest absolute Gasteiger partial charge is 0.315 e. The molecule has 5 atom stereocenters. The number of urea groups is 1. The minimum atomic E-state index is -1.10. The van der Waals surface area contributed by atoms with Crippen molar-refractivity contribution in [1.82, 2.24) is 26.2 Å². The van der Waals surface area contributed by atoms with Gasteiger partial charge in [0.2, 0.25) is 17.6 Å². The summed E-state index contributed by atoms with van der Waals surface area (Å²) in [6.45, 7) is 23.2. The van der Waals surface area contributed by atoms with E-state index in [2.05, 4.69) is 46.0 Å². The molecule has 1 fully saturated rings. The fraction of sp³-hybridized carbons (Fsp3) is 0.763. The number of primary amides is 1.